The second-order valence-electron chi connectivity index (χ2n) is 4.37. The van der Waals surface area contributed by atoms with Crippen LogP contribution in [-0.2, 0) is 15.7 Å². The molecule has 0 bridgehead atoms. The van der Waals surface area contributed by atoms with Gasteiger partial charge < -0.3 is 10.1 Å². The third kappa shape index (κ3) is 3.25. The lowest BCUT2D eigenvalue weighted by atomic mass is 10.1. The van der Waals surface area contributed by atoms with Gasteiger partial charge in [0.15, 0.2) is 5.69 Å². The van der Waals surface area contributed by atoms with E-state index in [1.807, 2.05) is 0 Å². The van der Waals surface area contributed by atoms with Crippen molar-refractivity contribution in [3.05, 3.63) is 29.6 Å². The van der Waals surface area contributed by atoms with E-state index in [1.54, 1.807) is 0 Å². The highest BCUT2D eigenvalue weighted by Crippen LogP contribution is 2.31. The summed E-state index contributed by atoms with van der Waals surface area (Å²) in [6, 6.07) is 1.86. The summed E-state index contributed by atoms with van der Waals surface area (Å²) < 4.78 is 42.9. The van der Waals surface area contributed by atoms with Gasteiger partial charge in [-0.3, -0.25) is 4.79 Å². The van der Waals surface area contributed by atoms with Crippen LogP contribution in [0.1, 0.15) is 22.5 Å². The van der Waals surface area contributed by atoms with Crippen molar-refractivity contribution in [1.82, 2.24) is 10.3 Å². The first-order chi connectivity index (χ1) is 9.38. The SMILES string of the molecule is O=C1CC(COC(=O)c2ncccc2C(F)(F)F)CN1. The van der Waals surface area contributed by atoms with Gasteiger partial charge in [0.2, 0.25) is 5.91 Å². The molecule has 5 nitrogen and oxygen atoms in total. The number of amides is 1. The van der Waals surface area contributed by atoms with Gasteiger partial charge in [-0.2, -0.15) is 13.2 Å². The molecule has 1 unspecified atom stereocenters. The third-order valence-corrected chi connectivity index (χ3v) is 2.82. The summed E-state index contributed by atoms with van der Waals surface area (Å²) in [4.78, 5) is 26.0. The van der Waals surface area contributed by atoms with Crippen LogP contribution in [0.25, 0.3) is 0 Å². The first-order valence-electron chi connectivity index (χ1n) is 5.84. The van der Waals surface area contributed by atoms with Gasteiger partial charge in [-0.15, -0.1) is 0 Å². The number of carbonyl (C=O) groups excluding carboxylic acids is 2. The Morgan fingerprint density at radius 1 is 1.50 bits per heavy atom. The minimum Gasteiger partial charge on any atom is -0.461 e. The molecule has 1 saturated heterocycles. The average Bonchev–Trinajstić information content (AvgIpc) is 2.81. The van der Waals surface area contributed by atoms with E-state index in [0.717, 1.165) is 18.3 Å². The van der Waals surface area contributed by atoms with E-state index in [-0.39, 0.29) is 24.9 Å². The summed E-state index contributed by atoms with van der Waals surface area (Å²) in [7, 11) is 0. The minimum absolute atomic E-state index is 0.120. The van der Waals surface area contributed by atoms with Gasteiger partial charge in [0.1, 0.15) is 0 Å². The molecule has 0 radical (unpaired) electrons. The molecule has 20 heavy (non-hydrogen) atoms. The molecule has 2 heterocycles. The molecule has 1 N–H and O–H groups in total. The Balaban J connectivity index is 2.04. The Labute approximate surface area is 112 Å². The van der Waals surface area contributed by atoms with Gasteiger partial charge in [-0.1, -0.05) is 0 Å². The lowest BCUT2D eigenvalue weighted by Crippen LogP contribution is -2.20. The zero-order chi connectivity index (χ0) is 14.8. The normalized spacial score (nSPS) is 18.8. The third-order valence-electron chi connectivity index (χ3n) is 2.82. The van der Waals surface area contributed by atoms with E-state index >= 15 is 0 Å². The molecule has 0 spiro atoms. The van der Waals surface area contributed by atoms with Crippen LogP contribution in [0.2, 0.25) is 0 Å². The predicted molar refractivity (Wildman–Crippen MR) is 60.6 cm³/mol. The smallest absolute Gasteiger partial charge is 0.418 e. The molecule has 1 aromatic rings. The highest BCUT2D eigenvalue weighted by atomic mass is 19.4. The quantitative estimate of drug-likeness (QED) is 0.853. The maximum atomic E-state index is 12.7. The van der Waals surface area contributed by atoms with Gasteiger partial charge in [0.25, 0.3) is 0 Å². The van der Waals surface area contributed by atoms with E-state index in [0.29, 0.717) is 6.54 Å². The van der Waals surface area contributed by atoms with Gasteiger partial charge in [-0.25, -0.2) is 9.78 Å². The average molecular weight is 288 g/mol. The molecular weight excluding hydrogens is 277 g/mol. The monoisotopic (exact) mass is 288 g/mol. The van der Waals surface area contributed by atoms with Crippen molar-refractivity contribution in [2.45, 2.75) is 12.6 Å². The zero-order valence-corrected chi connectivity index (χ0v) is 10.2. The fourth-order valence-corrected chi connectivity index (χ4v) is 1.84. The largest absolute Gasteiger partial charge is 0.461 e. The van der Waals surface area contributed by atoms with Crippen LogP contribution < -0.4 is 5.32 Å². The fourth-order valence-electron chi connectivity index (χ4n) is 1.84. The van der Waals surface area contributed by atoms with Crippen LogP contribution in [0.15, 0.2) is 18.3 Å². The van der Waals surface area contributed by atoms with Crippen molar-refractivity contribution in [3.63, 3.8) is 0 Å². The number of hydrogen-bond donors (Lipinski definition) is 1. The molecule has 8 heteroatoms. The first kappa shape index (κ1) is 14.3. The lowest BCUT2D eigenvalue weighted by molar-refractivity contribution is -0.138. The second kappa shape index (κ2) is 5.48. The number of nitrogens with one attached hydrogen (secondary N) is 1. The number of aromatic nitrogens is 1. The number of halogens is 3. The van der Waals surface area contributed by atoms with Crippen LogP contribution in [0.4, 0.5) is 13.2 Å². The molecule has 1 aromatic heterocycles. The number of hydrogen-bond acceptors (Lipinski definition) is 4. The highest BCUT2D eigenvalue weighted by Gasteiger charge is 2.36. The number of ether oxygens (including phenoxy) is 1. The zero-order valence-electron chi connectivity index (χ0n) is 10.2. The summed E-state index contributed by atoms with van der Waals surface area (Å²) in [5, 5.41) is 2.54. The van der Waals surface area contributed by atoms with E-state index in [9.17, 15) is 22.8 Å². The Kier molecular flexibility index (Phi) is 3.91. The van der Waals surface area contributed by atoms with Crippen molar-refractivity contribution in [2.24, 2.45) is 5.92 Å². The van der Waals surface area contributed by atoms with Gasteiger partial charge in [-0.05, 0) is 12.1 Å². The lowest BCUT2D eigenvalue weighted by Gasteiger charge is -2.12. The van der Waals surface area contributed by atoms with Crippen LogP contribution in [-0.4, -0.2) is 30.0 Å². The van der Waals surface area contributed by atoms with E-state index in [1.165, 1.54) is 0 Å². The molecule has 1 atom stereocenters. The Hall–Kier alpha value is -2.12. The number of esters is 1. The van der Waals surface area contributed by atoms with Gasteiger partial charge in [0, 0.05) is 25.1 Å². The molecule has 2 rings (SSSR count). The van der Waals surface area contributed by atoms with Crippen molar-refractivity contribution < 1.29 is 27.5 Å². The maximum Gasteiger partial charge on any atom is 0.418 e. The minimum atomic E-state index is -4.67. The van der Waals surface area contributed by atoms with Gasteiger partial charge in [0.05, 0.1) is 12.2 Å². The fraction of sp³-hybridized carbons (Fsp3) is 0.417. The second-order valence-corrected chi connectivity index (χ2v) is 4.37. The van der Waals surface area contributed by atoms with Crippen LogP contribution >= 0.6 is 0 Å². The van der Waals surface area contributed by atoms with Crippen molar-refractivity contribution >= 4 is 11.9 Å². The van der Waals surface area contributed by atoms with Crippen LogP contribution in [0.3, 0.4) is 0 Å². The predicted octanol–water partition coefficient (Wildman–Crippen LogP) is 1.39. The number of pyridine rings is 1. The number of alkyl halides is 3. The number of carbonyl (C=O) groups is 2. The molecule has 1 amide bonds. The van der Waals surface area contributed by atoms with E-state index in [4.69, 9.17) is 4.74 Å². The number of rotatable bonds is 3. The van der Waals surface area contributed by atoms with Crippen molar-refractivity contribution in [1.29, 1.82) is 0 Å². The molecule has 0 aromatic carbocycles. The molecule has 0 saturated carbocycles. The standard InChI is InChI=1S/C12H11F3N2O3/c13-12(14,15)8-2-1-3-16-10(8)11(19)20-6-7-4-9(18)17-5-7/h1-3,7H,4-6H2,(H,17,18). The van der Waals surface area contributed by atoms with Crippen molar-refractivity contribution in [2.75, 3.05) is 13.2 Å². The molecule has 108 valence electrons. The Morgan fingerprint density at radius 2 is 2.25 bits per heavy atom. The summed E-state index contributed by atoms with van der Waals surface area (Å²) in [6.07, 6.45) is -3.39. The topological polar surface area (TPSA) is 68.3 Å². The molecule has 1 aliphatic heterocycles. The molecule has 0 aliphatic carbocycles. The first-order valence-corrected chi connectivity index (χ1v) is 5.84. The Morgan fingerprint density at radius 3 is 2.85 bits per heavy atom. The molecule has 1 fully saturated rings. The Bertz CT molecular complexity index is 531. The molecule has 1 aliphatic rings. The summed E-state index contributed by atoms with van der Waals surface area (Å²) in [5.41, 5.74) is -1.90. The highest BCUT2D eigenvalue weighted by molar-refractivity contribution is 5.89. The van der Waals surface area contributed by atoms with Crippen LogP contribution in [0.5, 0.6) is 0 Å². The van der Waals surface area contributed by atoms with Crippen LogP contribution in [0, 0.1) is 5.92 Å². The van der Waals surface area contributed by atoms with Crippen molar-refractivity contribution in [3.8, 4) is 0 Å². The summed E-state index contributed by atoms with van der Waals surface area (Å²) >= 11 is 0. The molecular formula is C12H11F3N2O3. The van der Waals surface area contributed by atoms with E-state index in [2.05, 4.69) is 10.3 Å². The maximum absolute atomic E-state index is 12.7. The number of nitrogens with zero attached hydrogens (tertiary/aromatic N) is 1. The summed E-state index contributed by atoms with van der Waals surface area (Å²) in [5.74, 6) is -1.53. The summed E-state index contributed by atoms with van der Waals surface area (Å²) in [6.45, 7) is 0.228. The van der Waals surface area contributed by atoms with E-state index < -0.39 is 23.4 Å². The van der Waals surface area contributed by atoms with Gasteiger partial charge >= 0.3 is 12.1 Å².